The maximum absolute atomic E-state index is 14.8. The van der Waals surface area contributed by atoms with Crippen molar-refractivity contribution in [1.82, 2.24) is 15.2 Å². The van der Waals surface area contributed by atoms with Crippen LogP contribution in [0.2, 0.25) is 0 Å². The Labute approximate surface area is 159 Å². The molecule has 1 saturated heterocycles. The van der Waals surface area contributed by atoms with Crippen molar-refractivity contribution in [2.75, 3.05) is 11.4 Å². The summed E-state index contributed by atoms with van der Waals surface area (Å²) in [5.74, 6) is -1.22. The molecule has 1 fully saturated rings. The summed E-state index contributed by atoms with van der Waals surface area (Å²) in [6.45, 7) is 3.73. The summed E-state index contributed by atoms with van der Waals surface area (Å²) in [7, 11) is 0. The van der Waals surface area contributed by atoms with Gasteiger partial charge in [-0.15, -0.1) is 0 Å². The number of nitrogens with one attached hydrogen (secondary N) is 1. The third-order valence-electron chi connectivity index (χ3n) is 4.61. The lowest BCUT2D eigenvalue weighted by Crippen LogP contribution is -2.39. The molecule has 8 heteroatoms. The number of ether oxygens (including phenoxy) is 1. The van der Waals surface area contributed by atoms with Gasteiger partial charge >= 0.3 is 6.09 Å². The number of pyridine rings is 1. The molecule has 2 aromatic heterocycles. The zero-order chi connectivity index (χ0) is 19.7. The molecular weight excluding hydrogens is 366 g/mol. The second-order valence-corrected chi connectivity index (χ2v) is 6.27. The molecule has 1 atom stereocenters. The lowest BCUT2D eigenvalue weighted by atomic mass is 10.0. The Balaban J connectivity index is 1.54. The molecule has 0 radical (unpaired) electrons. The molecule has 0 saturated carbocycles. The van der Waals surface area contributed by atoms with Crippen LogP contribution in [0.15, 0.2) is 49.3 Å². The molecule has 28 heavy (non-hydrogen) atoms. The van der Waals surface area contributed by atoms with Gasteiger partial charge in [-0.25, -0.2) is 13.6 Å². The van der Waals surface area contributed by atoms with Crippen molar-refractivity contribution in [3.05, 3.63) is 72.1 Å². The van der Waals surface area contributed by atoms with Crippen molar-refractivity contribution in [1.29, 1.82) is 0 Å². The van der Waals surface area contributed by atoms with Gasteiger partial charge < -0.3 is 4.74 Å². The Bertz CT molecular complexity index is 1040. The van der Waals surface area contributed by atoms with Crippen molar-refractivity contribution >= 4 is 18.0 Å². The van der Waals surface area contributed by atoms with Crippen molar-refractivity contribution in [3.8, 4) is 11.3 Å². The second-order valence-electron chi connectivity index (χ2n) is 6.27. The van der Waals surface area contributed by atoms with Crippen LogP contribution in [0.4, 0.5) is 19.4 Å². The van der Waals surface area contributed by atoms with Gasteiger partial charge in [-0.3, -0.25) is 15.0 Å². The fraction of sp³-hybridized carbons (Fsp3) is 0.150. The van der Waals surface area contributed by atoms with Gasteiger partial charge in [0.05, 0.1) is 0 Å². The topological polar surface area (TPSA) is 71.1 Å². The molecular formula is C20H16F2N4O2. The SMILES string of the molecule is C=Cc1ccc(C2CCN(c3n[nH]c(-c4ccncc4)c3F)C(=O)O2)cc1F. The maximum atomic E-state index is 14.8. The quantitative estimate of drug-likeness (QED) is 0.722. The number of aromatic amines is 1. The highest BCUT2D eigenvalue weighted by atomic mass is 19.1. The molecule has 3 aromatic rings. The van der Waals surface area contributed by atoms with Gasteiger partial charge in [0.2, 0.25) is 0 Å². The first kappa shape index (κ1) is 17.8. The number of nitrogens with zero attached hydrogens (tertiary/aromatic N) is 3. The Hall–Kier alpha value is -3.55. The zero-order valence-corrected chi connectivity index (χ0v) is 14.7. The monoisotopic (exact) mass is 382 g/mol. The predicted octanol–water partition coefficient (Wildman–Crippen LogP) is 4.48. The first-order valence-electron chi connectivity index (χ1n) is 8.62. The first-order chi connectivity index (χ1) is 13.6. The van der Waals surface area contributed by atoms with Crippen molar-refractivity contribution < 1.29 is 18.3 Å². The summed E-state index contributed by atoms with van der Waals surface area (Å²) in [6, 6.07) is 7.84. The fourth-order valence-corrected chi connectivity index (χ4v) is 3.13. The van der Waals surface area contributed by atoms with Crippen LogP contribution in [0, 0.1) is 11.6 Å². The van der Waals surface area contributed by atoms with Crippen LogP contribution in [0.3, 0.4) is 0 Å². The number of anilines is 1. The first-order valence-corrected chi connectivity index (χ1v) is 8.62. The largest absolute Gasteiger partial charge is 0.441 e. The minimum Gasteiger partial charge on any atom is -0.441 e. The second kappa shape index (κ2) is 7.22. The van der Waals surface area contributed by atoms with Crippen LogP contribution in [0.1, 0.15) is 23.7 Å². The fourth-order valence-electron chi connectivity index (χ4n) is 3.13. The third kappa shape index (κ3) is 3.13. The summed E-state index contributed by atoms with van der Waals surface area (Å²) in [5, 5.41) is 6.54. The maximum Gasteiger partial charge on any atom is 0.416 e. The normalized spacial score (nSPS) is 16.7. The average Bonchev–Trinajstić information content (AvgIpc) is 3.09. The molecule has 6 nitrogen and oxygen atoms in total. The van der Waals surface area contributed by atoms with E-state index in [-0.39, 0.29) is 18.1 Å². The number of halogens is 2. The standard InChI is InChI=1S/C20H16F2N4O2/c1-2-12-3-4-14(11-15(12)21)16-7-10-26(20(27)28-16)19-17(22)18(24-25-19)13-5-8-23-9-6-13/h2-6,8-9,11,16H,1,7,10H2,(H,24,25). The summed E-state index contributed by atoms with van der Waals surface area (Å²) in [4.78, 5) is 17.5. The zero-order valence-electron chi connectivity index (χ0n) is 14.7. The number of aromatic nitrogens is 3. The molecule has 4 rings (SSSR count). The van der Waals surface area contributed by atoms with Crippen LogP contribution in [-0.4, -0.2) is 27.8 Å². The molecule has 0 spiro atoms. The molecule has 1 aromatic carbocycles. The van der Waals surface area contributed by atoms with Gasteiger partial charge in [-0.2, -0.15) is 5.10 Å². The number of hydrogen-bond acceptors (Lipinski definition) is 4. The number of carbonyl (C=O) groups excluding carboxylic acids is 1. The number of H-pyrrole nitrogens is 1. The highest BCUT2D eigenvalue weighted by molar-refractivity contribution is 5.88. The lowest BCUT2D eigenvalue weighted by Gasteiger charge is -2.30. The van der Waals surface area contributed by atoms with Crippen LogP contribution >= 0.6 is 0 Å². The van der Waals surface area contributed by atoms with E-state index >= 15 is 0 Å². The van der Waals surface area contributed by atoms with Gasteiger partial charge in [-0.05, 0) is 23.8 Å². The van der Waals surface area contributed by atoms with E-state index in [4.69, 9.17) is 4.74 Å². The average molecular weight is 382 g/mol. The van der Waals surface area contributed by atoms with Gasteiger partial charge in [0.15, 0.2) is 11.6 Å². The van der Waals surface area contributed by atoms with E-state index in [1.807, 2.05) is 0 Å². The molecule has 1 aliphatic heterocycles. The van der Waals surface area contributed by atoms with Crippen molar-refractivity contribution in [3.63, 3.8) is 0 Å². The van der Waals surface area contributed by atoms with Gasteiger partial charge in [0.1, 0.15) is 17.6 Å². The highest BCUT2D eigenvalue weighted by Crippen LogP contribution is 2.33. The van der Waals surface area contributed by atoms with Crippen LogP contribution in [-0.2, 0) is 4.74 Å². The van der Waals surface area contributed by atoms with E-state index in [0.717, 1.165) is 4.90 Å². The molecule has 3 heterocycles. The van der Waals surface area contributed by atoms with E-state index in [9.17, 15) is 13.6 Å². The Kier molecular flexibility index (Phi) is 4.60. The van der Waals surface area contributed by atoms with Crippen LogP contribution in [0.5, 0.6) is 0 Å². The van der Waals surface area contributed by atoms with Gasteiger partial charge in [-0.1, -0.05) is 24.8 Å². The smallest absolute Gasteiger partial charge is 0.416 e. The molecule has 1 N–H and O–H groups in total. The molecule has 1 aliphatic rings. The van der Waals surface area contributed by atoms with Crippen LogP contribution in [0.25, 0.3) is 17.3 Å². The number of hydrogen-bond donors (Lipinski definition) is 1. The summed E-state index contributed by atoms with van der Waals surface area (Å²) in [6.07, 6.45) is 3.50. The number of amides is 1. The number of cyclic esters (lactones) is 1. The lowest BCUT2D eigenvalue weighted by molar-refractivity contribution is 0.0835. The Morgan fingerprint density at radius 3 is 2.71 bits per heavy atom. The van der Waals surface area contributed by atoms with E-state index in [2.05, 4.69) is 21.8 Å². The van der Waals surface area contributed by atoms with E-state index in [1.165, 1.54) is 24.5 Å². The summed E-state index contributed by atoms with van der Waals surface area (Å²) in [5.41, 5.74) is 1.63. The Morgan fingerprint density at radius 1 is 1.25 bits per heavy atom. The van der Waals surface area contributed by atoms with Gasteiger partial charge in [0, 0.05) is 36.5 Å². The van der Waals surface area contributed by atoms with Crippen molar-refractivity contribution in [2.45, 2.75) is 12.5 Å². The number of benzene rings is 1. The van der Waals surface area contributed by atoms with Crippen LogP contribution < -0.4 is 4.90 Å². The number of carbonyl (C=O) groups is 1. The van der Waals surface area contributed by atoms with E-state index in [1.54, 1.807) is 24.3 Å². The Morgan fingerprint density at radius 2 is 2.04 bits per heavy atom. The minimum atomic E-state index is -0.740. The van der Waals surface area contributed by atoms with E-state index in [0.29, 0.717) is 23.1 Å². The number of rotatable bonds is 4. The molecule has 0 bridgehead atoms. The van der Waals surface area contributed by atoms with Gasteiger partial charge in [0.25, 0.3) is 0 Å². The molecule has 1 unspecified atom stereocenters. The summed E-state index contributed by atoms with van der Waals surface area (Å²) < 4.78 is 34.2. The molecule has 1 amide bonds. The predicted molar refractivity (Wildman–Crippen MR) is 99.5 cm³/mol. The highest BCUT2D eigenvalue weighted by Gasteiger charge is 2.33. The third-order valence-corrected chi connectivity index (χ3v) is 4.61. The van der Waals surface area contributed by atoms with E-state index < -0.39 is 23.8 Å². The summed E-state index contributed by atoms with van der Waals surface area (Å²) >= 11 is 0. The van der Waals surface area contributed by atoms with Crippen molar-refractivity contribution in [2.24, 2.45) is 0 Å². The molecule has 0 aliphatic carbocycles. The minimum absolute atomic E-state index is 0.136. The molecule has 142 valence electrons.